The summed E-state index contributed by atoms with van der Waals surface area (Å²) in [5, 5.41) is 7.19. The monoisotopic (exact) mass is 387 g/mol. The third-order valence-corrected chi connectivity index (χ3v) is 5.07. The molecule has 0 unspecified atom stereocenters. The Hall–Kier alpha value is -2.81. The number of hydrogen-bond acceptors (Lipinski definition) is 5. The lowest BCUT2D eigenvalue weighted by Crippen LogP contribution is -2.30. The Balaban J connectivity index is 1.46. The molecule has 1 saturated heterocycles. The Morgan fingerprint density at radius 3 is 2.86 bits per heavy atom. The van der Waals surface area contributed by atoms with E-state index < -0.39 is 11.7 Å². The first-order valence-corrected chi connectivity index (χ1v) is 9.49. The van der Waals surface area contributed by atoms with Crippen molar-refractivity contribution in [3.05, 3.63) is 46.8 Å². The summed E-state index contributed by atoms with van der Waals surface area (Å²) in [4.78, 5) is 30.5. The van der Waals surface area contributed by atoms with Crippen LogP contribution in [0.3, 0.4) is 0 Å². The molecule has 2 aliphatic rings. The van der Waals surface area contributed by atoms with Gasteiger partial charge in [-0.3, -0.25) is 14.3 Å². The molecule has 1 fully saturated rings. The lowest BCUT2D eigenvalue weighted by atomic mass is 10.1. The van der Waals surface area contributed by atoms with Gasteiger partial charge < -0.3 is 15.0 Å². The first-order chi connectivity index (χ1) is 13.6. The minimum atomic E-state index is -0.660. The van der Waals surface area contributed by atoms with Crippen molar-refractivity contribution in [2.45, 2.75) is 32.4 Å². The van der Waals surface area contributed by atoms with Gasteiger partial charge in [0, 0.05) is 43.5 Å². The lowest BCUT2D eigenvalue weighted by Gasteiger charge is -2.17. The second kappa shape index (κ2) is 8.05. The number of fused-ring (bicyclic) bond motifs is 1. The predicted octanol–water partition coefficient (Wildman–Crippen LogP) is 1.16. The van der Waals surface area contributed by atoms with E-state index in [1.165, 1.54) is 18.3 Å². The van der Waals surface area contributed by atoms with Crippen molar-refractivity contribution in [3.63, 3.8) is 0 Å². The molecule has 0 aromatic carbocycles. The fourth-order valence-corrected chi connectivity index (χ4v) is 3.65. The topological polar surface area (TPSA) is 89.4 Å². The van der Waals surface area contributed by atoms with Crippen LogP contribution in [0.2, 0.25) is 0 Å². The van der Waals surface area contributed by atoms with Crippen LogP contribution in [-0.4, -0.2) is 57.7 Å². The molecule has 0 spiro atoms. The summed E-state index contributed by atoms with van der Waals surface area (Å²) < 4.78 is 21.0. The highest BCUT2D eigenvalue weighted by Gasteiger charge is 2.29. The summed E-state index contributed by atoms with van der Waals surface area (Å²) in [6.07, 6.45) is 4.07. The van der Waals surface area contributed by atoms with Gasteiger partial charge in [0.25, 0.3) is 11.8 Å². The quantitative estimate of drug-likeness (QED) is 0.832. The van der Waals surface area contributed by atoms with E-state index in [1.807, 2.05) is 4.90 Å². The van der Waals surface area contributed by atoms with Crippen molar-refractivity contribution in [1.82, 2.24) is 25.0 Å². The van der Waals surface area contributed by atoms with Crippen LogP contribution in [0.4, 0.5) is 4.39 Å². The van der Waals surface area contributed by atoms with Crippen LogP contribution in [0.15, 0.2) is 18.3 Å². The van der Waals surface area contributed by atoms with Crippen molar-refractivity contribution in [2.75, 3.05) is 26.2 Å². The van der Waals surface area contributed by atoms with Crippen LogP contribution in [-0.2, 0) is 24.3 Å². The molecule has 0 aliphatic carbocycles. The van der Waals surface area contributed by atoms with Gasteiger partial charge in [0.2, 0.25) is 0 Å². The molecule has 0 radical (unpaired) electrons. The fourth-order valence-electron chi connectivity index (χ4n) is 3.65. The van der Waals surface area contributed by atoms with Crippen molar-refractivity contribution < 1.29 is 18.7 Å². The first-order valence-electron chi connectivity index (χ1n) is 9.49. The molecular formula is C19H22FN5O3. The number of pyridine rings is 1. The van der Waals surface area contributed by atoms with Crippen molar-refractivity contribution in [1.29, 1.82) is 0 Å². The number of carbonyl (C=O) groups is 2. The lowest BCUT2D eigenvalue weighted by molar-refractivity contribution is 0.0772. The largest absolute Gasteiger partial charge is 0.376 e. The molecule has 2 amide bonds. The average molecular weight is 387 g/mol. The van der Waals surface area contributed by atoms with Crippen molar-refractivity contribution in [3.8, 4) is 0 Å². The molecule has 148 valence electrons. The molecule has 4 heterocycles. The standard InChI is InChI=1S/C19H22FN5O3/c20-14-4-3-6-21-17(14)18(26)22-7-10-25-15-5-11-28-12-13(15)16(23-25)19(27)24-8-1-2-9-24/h3-4,6H,1-2,5,7-12H2,(H,22,26). The molecule has 9 heteroatoms. The van der Waals surface area contributed by atoms with Gasteiger partial charge in [0.15, 0.2) is 17.2 Å². The summed E-state index contributed by atoms with van der Waals surface area (Å²) in [6.45, 7) is 3.09. The molecule has 8 nitrogen and oxygen atoms in total. The number of amides is 2. The fraction of sp³-hybridized carbons (Fsp3) is 0.474. The number of likely N-dealkylation sites (tertiary alicyclic amines) is 1. The Morgan fingerprint density at radius 2 is 2.07 bits per heavy atom. The van der Waals surface area contributed by atoms with E-state index in [1.54, 1.807) is 4.68 Å². The molecular weight excluding hydrogens is 365 g/mol. The molecule has 4 rings (SSSR count). The predicted molar refractivity (Wildman–Crippen MR) is 97.3 cm³/mol. The molecule has 1 N–H and O–H groups in total. The van der Waals surface area contributed by atoms with E-state index in [2.05, 4.69) is 15.4 Å². The maximum Gasteiger partial charge on any atom is 0.274 e. The van der Waals surface area contributed by atoms with E-state index in [4.69, 9.17) is 4.74 Å². The highest BCUT2D eigenvalue weighted by Crippen LogP contribution is 2.23. The summed E-state index contributed by atoms with van der Waals surface area (Å²) in [5.41, 5.74) is 2.01. The minimum absolute atomic E-state index is 0.0578. The number of aromatic nitrogens is 3. The highest BCUT2D eigenvalue weighted by atomic mass is 19.1. The number of ether oxygens (including phenoxy) is 1. The van der Waals surface area contributed by atoms with Gasteiger partial charge in [0.1, 0.15) is 0 Å². The van der Waals surface area contributed by atoms with Crippen LogP contribution >= 0.6 is 0 Å². The van der Waals surface area contributed by atoms with Crippen LogP contribution in [0.25, 0.3) is 0 Å². The van der Waals surface area contributed by atoms with E-state index in [9.17, 15) is 14.0 Å². The van der Waals surface area contributed by atoms with Gasteiger partial charge in [0.05, 0.1) is 19.8 Å². The maximum absolute atomic E-state index is 13.7. The number of carbonyl (C=O) groups excluding carboxylic acids is 2. The van der Waals surface area contributed by atoms with E-state index in [-0.39, 0.29) is 18.1 Å². The molecule has 2 aliphatic heterocycles. The second-order valence-corrected chi connectivity index (χ2v) is 6.89. The number of nitrogens with one attached hydrogen (secondary N) is 1. The van der Waals surface area contributed by atoms with Crippen molar-refractivity contribution in [2.24, 2.45) is 0 Å². The van der Waals surface area contributed by atoms with Gasteiger partial charge in [-0.25, -0.2) is 9.37 Å². The van der Waals surface area contributed by atoms with Gasteiger partial charge in [-0.2, -0.15) is 5.10 Å². The van der Waals surface area contributed by atoms with Gasteiger partial charge in [-0.05, 0) is 25.0 Å². The number of nitrogens with zero attached hydrogens (tertiary/aromatic N) is 4. The van der Waals surface area contributed by atoms with Gasteiger partial charge in [-0.15, -0.1) is 0 Å². The molecule has 2 aromatic rings. The average Bonchev–Trinajstić information content (AvgIpc) is 3.36. The Kier molecular flexibility index (Phi) is 5.34. The highest BCUT2D eigenvalue weighted by molar-refractivity contribution is 5.94. The van der Waals surface area contributed by atoms with E-state index in [0.717, 1.165) is 37.2 Å². The zero-order valence-corrected chi connectivity index (χ0v) is 15.5. The number of hydrogen-bond donors (Lipinski definition) is 1. The number of halogens is 1. The molecule has 2 aromatic heterocycles. The van der Waals surface area contributed by atoms with E-state index >= 15 is 0 Å². The zero-order valence-electron chi connectivity index (χ0n) is 15.5. The molecule has 0 atom stereocenters. The molecule has 0 bridgehead atoms. The van der Waals surface area contributed by atoms with Crippen molar-refractivity contribution >= 4 is 11.8 Å². The third kappa shape index (κ3) is 3.62. The van der Waals surface area contributed by atoms with Gasteiger partial charge >= 0.3 is 0 Å². The van der Waals surface area contributed by atoms with Crippen LogP contribution < -0.4 is 5.32 Å². The first kappa shape index (κ1) is 18.5. The van der Waals surface area contributed by atoms with Gasteiger partial charge in [-0.1, -0.05) is 0 Å². The molecule has 28 heavy (non-hydrogen) atoms. The maximum atomic E-state index is 13.7. The smallest absolute Gasteiger partial charge is 0.274 e. The summed E-state index contributed by atoms with van der Waals surface area (Å²) in [6, 6.07) is 2.63. The number of rotatable bonds is 5. The summed E-state index contributed by atoms with van der Waals surface area (Å²) in [5.74, 6) is -1.29. The Labute approximate surface area is 161 Å². The zero-order chi connectivity index (χ0) is 19.5. The third-order valence-electron chi connectivity index (χ3n) is 5.07. The van der Waals surface area contributed by atoms with Crippen LogP contribution in [0, 0.1) is 5.82 Å². The summed E-state index contributed by atoms with van der Waals surface area (Å²) in [7, 11) is 0. The minimum Gasteiger partial charge on any atom is -0.376 e. The van der Waals surface area contributed by atoms with Crippen LogP contribution in [0.5, 0.6) is 0 Å². The summed E-state index contributed by atoms with van der Waals surface area (Å²) >= 11 is 0. The Bertz CT molecular complexity index is 892. The van der Waals surface area contributed by atoms with Crippen LogP contribution in [0.1, 0.15) is 45.1 Å². The second-order valence-electron chi connectivity index (χ2n) is 6.89. The molecule has 0 saturated carbocycles. The Morgan fingerprint density at radius 1 is 1.25 bits per heavy atom. The SMILES string of the molecule is O=C(NCCn1nc(C(=O)N2CCCC2)c2c1CCOC2)c1ncccc1F. The normalized spacial score (nSPS) is 16.1. The van der Waals surface area contributed by atoms with E-state index in [0.29, 0.717) is 31.9 Å².